The maximum atomic E-state index is 10.4. The van der Waals surface area contributed by atoms with Gasteiger partial charge < -0.3 is 39.8 Å². The zero-order valence-electron chi connectivity index (χ0n) is 29.6. The van der Waals surface area contributed by atoms with Gasteiger partial charge in [-0.25, -0.2) is 0 Å². The molecule has 0 aliphatic rings. The molecular weight excluding hydrogens is 579 g/mol. The molecule has 0 aliphatic heterocycles. The molecule has 0 aromatic heterocycles. The van der Waals surface area contributed by atoms with Crippen LogP contribution in [0.5, 0.6) is 11.5 Å². The van der Waals surface area contributed by atoms with E-state index in [0.29, 0.717) is 11.5 Å². The first kappa shape index (κ1) is 42.2. The topological polar surface area (TPSA) is 151 Å². The predicted octanol–water partition coefficient (Wildman–Crippen LogP) is 6.77. The van der Waals surface area contributed by atoms with Crippen LogP contribution in [0.25, 0.3) is 0 Å². The van der Waals surface area contributed by atoms with E-state index >= 15 is 0 Å². The van der Waals surface area contributed by atoms with E-state index in [2.05, 4.69) is 126 Å². The van der Waals surface area contributed by atoms with Crippen molar-refractivity contribution in [3.63, 3.8) is 0 Å². The van der Waals surface area contributed by atoms with Crippen LogP contribution in [0, 0.1) is 19.3 Å². The van der Waals surface area contributed by atoms with Crippen LogP contribution in [0.15, 0.2) is 24.3 Å². The minimum atomic E-state index is -2.52. The number of hydrogen-bond donors (Lipinski definition) is 7. The number of hydrogen-bond acceptors (Lipinski definition) is 8. The van der Waals surface area contributed by atoms with Gasteiger partial charge in [-0.1, -0.05) is 118 Å². The molecule has 0 aliphatic carbocycles. The summed E-state index contributed by atoms with van der Waals surface area (Å²) in [5.41, 5.74) is 5.31. The number of benzene rings is 2. The van der Waals surface area contributed by atoms with Gasteiger partial charge in [-0.05, 0) is 57.8 Å². The number of aliphatic hydroxyl groups is 3. The molecule has 0 bridgehead atoms. The second kappa shape index (κ2) is 16.2. The molecule has 0 radical (unpaired) electrons. The third-order valence-corrected chi connectivity index (χ3v) is 7.59. The minimum absolute atomic E-state index is 0.0178. The van der Waals surface area contributed by atoms with Gasteiger partial charge >= 0.3 is 8.60 Å². The minimum Gasteiger partial charge on any atom is -0.507 e. The Morgan fingerprint density at radius 1 is 0.523 bits per heavy atom. The number of phenols is 2. The van der Waals surface area contributed by atoms with E-state index in [0.717, 1.165) is 22.3 Å². The number of aromatic hydroxyl groups is 2. The summed E-state index contributed by atoms with van der Waals surface area (Å²) in [7, 11) is -2.52. The Balaban J connectivity index is 0.000000639. The molecule has 9 heteroatoms. The van der Waals surface area contributed by atoms with Crippen LogP contribution in [-0.2, 0) is 26.2 Å². The smallest absolute Gasteiger partial charge is 0.327 e. The fraction of sp³-hybridized carbons (Fsp3) is 0.657. The third kappa shape index (κ3) is 12.9. The van der Waals surface area contributed by atoms with Gasteiger partial charge in [0.2, 0.25) is 0 Å². The maximum absolute atomic E-state index is 10.4. The van der Waals surface area contributed by atoms with Gasteiger partial charge in [0.25, 0.3) is 0 Å². The Hall–Kier alpha value is -1.77. The van der Waals surface area contributed by atoms with E-state index in [-0.39, 0.29) is 28.3 Å². The number of aliphatic hydroxyl groups excluding tert-OH is 3. The lowest BCUT2D eigenvalue weighted by atomic mass is 9.78. The van der Waals surface area contributed by atoms with Crippen LogP contribution in [0.1, 0.15) is 116 Å². The Morgan fingerprint density at radius 3 is 0.909 bits per heavy atom. The summed E-state index contributed by atoms with van der Waals surface area (Å²) in [5, 5.41) is 47.0. The predicted molar refractivity (Wildman–Crippen MR) is 181 cm³/mol. The lowest BCUT2D eigenvalue weighted by Crippen LogP contribution is -2.38. The van der Waals surface area contributed by atoms with E-state index in [1.807, 2.05) is 0 Å². The first-order valence-electron chi connectivity index (χ1n) is 15.0. The molecule has 2 aromatic rings. The molecule has 44 heavy (non-hydrogen) atoms. The first-order valence-corrected chi connectivity index (χ1v) is 16.2. The van der Waals surface area contributed by atoms with Gasteiger partial charge in [0.15, 0.2) is 0 Å². The maximum Gasteiger partial charge on any atom is 0.327 e. The van der Waals surface area contributed by atoms with Gasteiger partial charge in [-0.2, -0.15) is 0 Å². The fourth-order valence-electron chi connectivity index (χ4n) is 4.33. The summed E-state index contributed by atoms with van der Waals surface area (Å²) in [6.45, 7) is 28.0. The molecular formula is C35H61O8P. The van der Waals surface area contributed by atoms with Crippen molar-refractivity contribution in [1.29, 1.82) is 0 Å². The van der Waals surface area contributed by atoms with Crippen molar-refractivity contribution in [2.45, 2.75) is 119 Å². The van der Waals surface area contributed by atoms with Gasteiger partial charge in [-0.15, -0.1) is 0 Å². The first-order chi connectivity index (χ1) is 19.7. The van der Waals surface area contributed by atoms with Crippen molar-refractivity contribution in [2.75, 3.05) is 26.4 Å². The highest BCUT2D eigenvalue weighted by Crippen LogP contribution is 2.40. The van der Waals surface area contributed by atoms with Crippen LogP contribution in [0.4, 0.5) is 0 Å². The fourth-order valence-corrected chi connectivity index (χ4v) is 4.72. The molecule has 7 N–H and O–H groups in total. The van der Waals surface area contributed by atoms with Crippen molar-refractivity contribution in [3.05, 3.63) is 57.6 Å². The molecule has 2 aromatic carbocycles. The Kier molecular flexibility index (Phi) is 15.5. The Morgan fingerprint density at radius 2 is 0.750 bits per heavy atom. The summed E-state index contributed by atoms with van der Waals surface area (Å²) in [5.74, 6) is 0.927. The SMILES string of the molecule is Cc1cc(C(C)(C)C)c(O)c(C(C)(C)C)c1.Cc1cc(C(C)(C)C)c(O)c(C(C)(C)C)c1.OCC(CO)(CO)COP(O)O. The van der Waals surface area contributed by atoms with Gasteiger partial charge in [-0.3, -0.25) is 0 Å². The molecule has 0 saturated carbocycles. The second-order valence-electron chi connectivity index (χ2n) is 15.9. The molecule has 0 amide bonds. The molecule has 254 valence electrons. The summed E-state index contributed by atoms with van der Waals surface area (Å²) in [6.07, 6.45) is 0. The summed E-state index contributed by atoms with van der Waals surface area (Å²) >= 11 is 0. The molecule has 0 fully saturated rings. The van der Waals surface area contributed by atoms with Crippen molar-refractivity contribution in [1.82, 2.24) is 0 Å². The number of aryl methyl sites for hydroxylation is 2. The quantitative estimate of drug-likeness (QED) is 0.171. The van der Waals surface area contributed by atoms with Crippen LogP contribution in [0.2, 0.25) is 0 Å². The molecule has 0 atom stereocenters. The largest absolute Gasteiger partial charge is 0.507 e. The Bertz CT molecular complexity index is 1020. The standard InChI is InChI=1S/2C15H24O.C5H13O6P/c2*1-10-8-11(14(2,3)4)13(16)12(9-10)15(5,6)7;6-1-5(2-7,3-8)4-11-12(9)10/h2*8-9,16H,1-7H3;6-10H,1-4H2. The third-order valence-electron chi connectivity index (χ3n) is 7.23. The van der Waals surface area contributed by atoms with Crippen molar-refractivity contribution >= 4 is 8.60 Å². The molecule has 8 nitrogen and oxygen atoms in total. The van der Waals surface area contributed by atoms with Crippen molar-refractivity contribution in [3.8, 4) is 11.5 Å². The lowest BCUT2D eigenvalue weighted by molar-refractivity contribution is -0.0280. The zero-order valence-corrected chi connectivity index (χ0v) is 30.5. The second-order valence-corrected chi connectivity index (χ2v) is 16.7. The molecule has 0 saturated heterocycles. The van der Waals surface area contributed by atoms with Crippen LogP contribution < -0.4 is 0 Å². The Labute approximate surface area is 267 Å². The van der Waals surface area contributed by atoms with Crippen molar-refractivity contribution in [2.24, 2.45) is 5.41 Å². The van der Waals surface area contributed by atoms with E-state index in [9.17, 15) is 10.2 Å². The average Bonchev–Trinajstić information content (AvgIpc) is 2.85. The molecule has 0 heterocycles. The lowest BCUT2D eigenvalue weighted by Gasteiger charge is -2.27. The normalized spacial score (nSPS) is 12.8. The van der Waals surface area contributed by atoms with E-state index in [1.54, 1.807) is 0 Å². The summed E-state index contributed by atoms with van der Waals surface area (Å²) < 4.78 is 4.38. The van der Waals surface area contributed by atoms with E-state index in [4.69, 9.17) is 25.1 Å². The summed E-state index contributed by atoms with van der Waals surface area (Å²) in [4.78, 5) is 16.7. The van der Waals surface area contributed by atoms with E-state index in [1.165, 1.54) is 11.1 Å². The number of rotatable bonds is 6. The highest BCUT2D eigenvalue weighted by atomic mass is 31.2. The molecule has 0 spiro atoms. The van der Waals surface area contributed by atoms with Crippen LogP contribution in [0.3, 0.4) is 0 Å². The molecule has 0 unspecified atom stereocenters. The zero-order chi connectivity index (χ0) is 35.1. The average molecular weight is 641 g/mol. The van der Waals surface area contributed by atoms with Crippen LogP contribution >= 0.6 is 8.60 Å². The van der Waals surface area contributed by atoms with Gasteiger partial charge in [0.1, 0.15) is 11.5 Å². The molecule has 2 rings (SSSR count). The van der Waals surface area contributed by atoms with E-state index < -0.39 is 33.8 Å². The van der Waals surface area contributed by atoms with Gasteiger partial charge in [0, 0.05) is 0 Å². The van der Waals surface area contributed by atoms with Crippen LogP contribution in [-0.4, -0.2) is 61.7 Å². The highest BCUT2D eigenvalue weighted by molar-refractivity contribution is 7.39. The van der Waals surface area contributed by atoms with Crippen molar-refractivity contribution < 1.29 is 39.8 Å². The summed E-state index contributed by atoms with van der Waals surface area (Å²) in [6, 6.07) is 8.35. The van der Waals surface area contributed by atoms with Gasteiger partial charge in [0.05, 0.1) is 31.8 Å². The number of phenolic OH excluding ortho intramolecular Hbond substituents is 2. The highest BCUT2D eigenvalue weighted by Gasteiger charge is 2.30. The monoisotopic (exact) mass is 640 g/mol.